The highest BCUT2D eigenvalue weighted by Gasteiger charge is 2.12. The predicted octanol–water partition coefficient (Wildman–Crippen LogP) is 1.25. The van der Waals surface area contributed by atoms with Gasteiger partial charge in [0, 0.05) is 19.1 Å². The monoisotopic (exact) mass is 168 g/mol. The van der Waals surface area contributed by atoms with Crippen LogP contribution in [0.2, 0.25) is 0 Å². The molecule has 2 nitrogen and oxygen atoms in total. The molecule has 1 saturated heterocycles. The molecular weight excluding hydrogens is 148 g/mol. The van der Waals surface area contributed by atoms with Crippen molar-refractivity contribution >= 4 is 0 Å². The molecule has 0 aromatic heterocycles. The topological polar surface area (TPSA) is 15.3 Å². The van der Waals surface area contributed by atoms with Crippen LogP contribution in [0, 0.1) is 0 Å². The Morgan fingerprint density at radius 2 is 2.42 bits per heavy atom. The summed E-state index contributed by atoms with van der Waals surface area (Å²) in [4.78, 5) is 2.48. The summed E-state index contributed by atoms with van der Waals surface area (Å²) >= 11 is 0. The van der Waals surface area contributed by atoms with Gasteiger partial charge in [-0.2, -0.15) is 0 Å². The zero-order valence-electron chi connectivity index (χ0n) is 8.27. The highest BCUT2D eigenvalue weighted by Crippen LogP contribution is 2.02. The second-order valence-electron chi connectivity index (χ2n) is 3.90. The van der Waals surface area contributed by atoms with E-state index < -0.39 is 0 Å². The van der Waals surface area contributed by atoms with Gasteiger partial charge in [-0.3, -0.25) is 4.90 Å². The van der Waals surface area contributed by atoms with Crippen molar-refractivity contribution in [3.05, 3.63) is 12.2 Å². The van der Waals surface area contributed by atoms with Crippen molar-refractivity contribution in [3.8, 4) is 0 Å². The van der Waals surface area contributed by atoms with Crippen molar-refractivity contribution in [3.63, 3.8) is 0 Å². The standard InChI is InChI=1S/C10H20N2/c1-9(2)7-12-6-4-5-11-10(3)8-12/h10-11H,1,4-8H2,2-3H3. The third kappa shape index (κ3) is 3.37. The van der Waals surface area contributed by atoms with Crippen LogP contribution in [0.1, 0.15) is 20.3 Å². The Morgan fingerprint density at radius 3 is 3.08 bits per heavy atom. The lowest BCUT2D eigenvalue weighted by atomic mass is 10.2. The zero-order chi connectivity index (χ0) is 8.97. The molecule has 1 aliphatic heterocycles. The van der Waals surface area contributed by atoms with Crippen LogP contribution in [0.5, 0.6) is 0 Å². The molecule has 1 unspecified atom stereocenters. The molecule has 0 amide bonds. The Labute approximate surface area is 75.6 Å². The number of hydrogen-bond donors (Lipinski definition) is 1. The van der Waals surface area contributed by atoms with Crippen molar-refractivity contribution in [2.75, 3.05) is 26.2 Å². The minimum atomic E-state index is 0.631. The van der Waals surface area contributed by atoms with E-state index in [4.69, 9.17) is 0 Å². The minimum absolute atomic E-state index is 0.631. The molecule has 0 bridgehead atoms. The van der Waals surface area contributed by atoms with Crippen LogP contribution in [0.15, 0.2) is 12.2 Å². The molecule has 0 aromatic carbocycles. The van der Waals surface area contributed by atoms with Gasteiger partial charge in [-0.15, -0.1) is 0 Å². The molecular formula is C10H20N2. The molecule has 0 spiro atoms. The van der Waals surface area contributed by atoms with Crippen LogP contribution in [-0.2, 0) is 0 Å². The summed E-state index contributed by atoms with van der Waals surface area (Å²) < 4.78 is 0. The first-order chi connectivity index (χ1) is 5.68. The highest BCUT2D eigenvalue weighted by molar-refractivity contribution is 4.92. The number of hydrogen-bond acceptors (Lipinski definition) is 2. The normalized spacial score (nSPS) is 26.7. The van der Waals surface area contributed by atoms with Gasteiger partial charge in [0.25, 0.3) is 0 Å². The van der Waals surface area contributed by atoms with Crippen molar-refractivity contribution in [1.82, 2.24) is 10.2 Å². The fraction of sp³-hybridized carbons (Fsp3) is 0.800. The second-order valence-corrected chi connectivity index (χ2v) is 3.90. The van der Waals surface area contributed by atoms with Gasteiger partial charge in [-0.1, -0.05) is 12.2 Å². The van der Waals surface area contributed by atoms with E-state index in [1.165, 1.54) is 18.5 Å². The summed E-state index contributed by atoms with van der Waals surface area (Å²) in [6, 6.07) is 0.631. The van der Waals surface area contributed by atoms with Crippen molar-refractivity contribution in [1.29, 1.82) is 0 Å². The summed E-state index contributed by atoms with van der Waals surface area (Å²) in [5, 5.41) is 3.48. The molecule has 1 heterocycles. The van der Waals surface area contributed by atoms with Crippen LogP contribution >= 0.6 is 0 Å². The molecule has 1 fully saturated rings. The Morgan fingerprint density at radius 1 is 1.67 bits per heavy atom. The minimum Gasteiger partial charge on any atom is -0.313 e. The van der Waals surface area contributed by atoms with E-state index >= 15 is 0 Å². The summed E-state index contributed by atoms with van der Waals surface area (Å²) in [6.45, 7) is 12.9. The van der Waals surface area contributed by atoms with E-state index in [9.17, 15) is 0 Å². The van der Waals surface area contributed by atoms with E-state index in [2.05, 4.69) is 30.6 Å². The molecule has 70 valence electrons. The largest absolute Gasteiger partial charge is 0.313 e. The molecule has 0 saturated carbocycles. The Balaban J connectivity index is 2.35. The Kier molecular flexibility index (Phi) is 3.76. The lowest BCUT2D eigenvalue weighted by Gasteiger charge is -2.21. The highest BCUT2D eigenvalue weighted by atomic mass is 15.2. The van der Waals surface area contributed by atoms with Crippen molar-refractivity contribution in [2.45, 2.75) is 26.3 Å². The zero-order valence-corrected chi connectivity index (χ0v) is 8.27. The average molecular weight is 168 g/mol. The number of nitrogens with one attached hydrogen (secondary N) is 1. The maximum Gasteiger partial charge on any atom is 0.0188 e. The molecule has 12 heavy (non-hydrogen) atoms. The van der Waals surface area contributed by atoms with Crippen molar-refractivity contribution in [2.24, 2.45) is 0 Å². The van der Waals surface area contributed by atoms with Crippen LogP contribution < -0.4 is 5.32 Å². The summed E-state index contributed by atoms with van der Waals surface area (Å²) in [5.74, 6) is 0. The molecule has 0 aliphatic carbocycles. The summed E-state index contributed by atoms with van der Waals surface area (Å²) in [6.07, 6.45) is 1.26. The molecule has 1 aliphatic rings. The van der Waals surface area contributed by atoms with Crippen molar-refractivity contribution < 1.29 is 0 Å². The quantitative estimate of drug-likeness (QED) is 0.624. The fourth-order valence-electron chi connectivity index (χ4n) is 1.72. The molecule has 0 radical (unpaired) electrons. The van der Waals surface area contributed by atoms with E-state index in [1.54, 1.807) is 0 Å². The molecule has 1 rings (SSSR count). The van der Waals surface area contributed by atoms with Crippen LogP contribution in [0.4, 0.5) is 0 Å². The smallest absolute Gasteiger partial charge is 0.0188 e. The third-order valence-corrected chi connectivity index (χ3v) is 2.17. The molecule has 1 N–H and O–H groups in total. The predicted molar refractivity (Wildman–Crippen MR) is 53.3 cm³/mol. The second kappa shape index (κ2) is 4.63. The lowest BCUT2D eigenvalue weighted by Crippen LogP contribution is -2.35. The number of nitrogens with zero attached hydrogens (tertiary/aromatic N) is 1. The fourth-order valence-corrected chi connectivity index (χ4v) is 1.72. The van der Waals surface area contributed by atoms with Gasteiger partial charge in [0.15, 0.2) is 0 Å². The van der Waals surface area contributed by atoms with Gasteiger partial charge in [-0.25, -0.2) is 0 Å². The first-order valence-electron chi connectivity index (χ1n) is 4.78. The summed E-state index contributed by atoms with van der Waals surface area (Å²) in [7, 11) is 0. The van der Waals surface area contributed by atoms with E-state index in [0.717, 1.165) is 19.6 Å². The SMILES string of the molecule is C=C(C)CN1CCCNC(C)C1. The molecule has 2 heteroatoms. The Bertz CT molecular complexity index is 154. The molecule has 1 atom stereocenters. The lowest BCUT2D eigenvalue weighted by molar-refractivity contribution is 0.295. The maximum atomic E-state index is 3.94. The van der Waals surface area contributed by atoms with E-state index in [0.29, 0.717) is 6.04 Å². The maximum absolute atomic E-state index is 3.94. The van der Waals surface area contributed by atoms with Gasteiger partial charge in [0.2, 0.25) is 0 Å². The van der Waals surface area contributed by atoms with Gasteiger partial charge in [-0.05, 0) is 33.4 Å². The summed E-state index contributed by atoms with van der Waals surface area (Å²) in [5.41, 5.74) is 1.27. The first kappa shape index (κ1) is 9.75. The van der Waals surface area contributed by atoms with Gasteiger partial charge in [0.1, 0.15) is 0 Å². The van der Waals surface area contributed by atoms with Crippen LogP contribution in [0.25, 0.3) is 0 Å². The van der Waals surface area contributed by atoms with Crippen LogP contribution in [0.3, 0.4) is 0 Å². The van der Waals surface area contributed by atoms with Gasteiger partial charge >= 0.3 is 0 Å². The van der Waals surface area contributed by atoms with E-state index in [-0.39, 0.29) is 0 Å². The number of rotatable bonds is 2. The van der Waals surface area contributed by atoms with Gasteiger partial charge in [0.05, 0.1) is 0 Å². The van der Waals surface area contributed by atoms with E-state index in [1.807, 2.05) is 0 Å². The molecule has 0 aromatic rings. The Hall–Kier alpha value is -0.340. The van der Waals surface area contributed by atoms with Crippen LogP contribution in [-0.4, -0.2) is 37.1 Å². The third-order valence-electron chi connectivity index (χ3n) is 2.17. The first-order valence-corrected chi connectivity index (χ1v) is 4.78. The van der Waals surface area contributed by atoms with Gasteiger partial charge < -0.3 is 5.32 Å². The average Bonchev–Trinajstić information content (AvgIpc) is 2.12.